The Kier molecular flexibility index (Phi) is 6.06. The van der Waals surface area contributed by atoms with Crippen LogP contribution >= 0.6 is 0 Å². The maximum Gasteiger partial charge on any atom is 0.356 e. The molecule has 6 nitrogen and oxygen atoms in total. The van der Waals surface area contributed by atoms with Crippen LogP contribution in [0.15, 0.2) is 72.1 Å². The number of esters is 1. The van der Waals surface area contributed by atoms with Gasteiger partial charge in [0.1, 0.15) is 5.70 Å². The van der Waals surface area contributed by atoms with Gasteiger partial charge in [-0.25, -0.2) is 4.79 Å². The van der Waals surface area contributed by atoms with E-state index in [-0.39, 0.29) is 11.4 Å². The molecule has 0 aliphatic rings. The smallest absolute Gasteiger partial charge is 0.356 e. The lowest BCUT2D eigenvalue weighted by Crippen LogP contribution is -2.33. The Morgan fingerprint density at radius 1 is 0.760 bits per heavy atom. The molecule has 0 aliphatic heterocycles. The Bertz CT molecular complexity index is 799. The van der Waals surface area contributed by atoms with Crippen molar-refractivity contribution < 1.29 is 19.1 Å². The highest BCUT2D eigenvalue weighted by molar-refractivity contribution is 6.02. The van der Waals surface area contributed by atoms with E-state index in [0.717, 1.165) is 0 Å². The number of carbonyl (C=O) groups excluding carboxylic acids is 3. The van der Waals surface area contributed by atoms with Crippen LogP contribution in [0.3, 0.4) is 0 Å². The molecule has 2 amide bonds. The molecule has 25 heavy (non-hydrogen) atoms. The minimum absolute atomic E-state index is 0.124. The van der Waals surface area contributed by atoms with Gasteiger partial charge in [-0.1, -0.05) is 36.4 Å². The van der Waals surface area contributed by atoms with E-state index in [4.69, 9.17) is 4.74 Å². The van der Waals surface area contributed by atoms with Crippen molar-refractivity contribution in [1.82, 2.24) is 10.6 Å². The van der Waals surface area contributed by atoms with Gasteiger partial charge in [-0.2, -0.15) is 0 Å². The number of ether oxygens (including phenoxy) is 1. The second-order valence-corrected chi connectivity index (χ2v) is 5.13. The highest BCUT2D eigenvalue weighted by Crippen LogP contribution is 2.06. The quantitative estimate of drug-likeness (QED) is 0.647. The van der Waals surface area contributed by atoms with E-state index in [1.54, 1.807) is 60.7 Å². The number of hydrogen-bond acceptors (Lipinski definition) is 4. The number of nitrogens with one attached hydrogen (secondary N) is 2. The molecule has 0 aromatic heterocycles. The monoisotopic (exact) mass is 338 g/mol. The first kappa shape index (κ1) is 17.9. The third-order valence-corrected chi connectivity index (χ3v) is 3.38. The summed E-state index contributed by atoms with van der Waals surface area (Å²) < 4.78 is 4.69. The predicted molar refractivity (Wildman–Crippen MR) is 92.5 cm³/mol. The Labute approximate surface area is 145 Å². The summed E-state index contributed by atoms with van der Waals surface area (Å²) in [5.41, 5.74) is 0.872. The number of carbonyl (C=O) groups is 3. The Hall–Kier alpha value is -3.41. The van der Waals surface area contributed by atoms with Crippen LogP contribution in [0.2, 0.25) is 0 Å². The molecule has 0 saturated carbocycles. The molecule has 2 N–H and O–H groups in total. The van der Waals surface area contributed by atoms with Crippen LogP contribution in [0, 0.1) is 0 Å². The first-order valence-electron chi connectivity index (χ1n) is 7.55. The van der Waals surface area contributed by atoms with E-state index in [1.165, 1.54) is 14.0 Å². The largest absolute Gasteiger partial charge is 0.464 e. The van der Waals surface area contributed by atoms with Crippen molar-refractivity contribution in [3.63, 3.8) is 0 Å². The summed E-state index contributed by atoms with van der Waals surface area (Å²) in [6, 6.07) is 17.0. The number of amides is 2. The van der Waals surface area contributed by atoms with Crippen LogP contribution in [-0.4, -0.2) is 24.9 Å². The van der Waals surface area contributed by atoms with E-state index < -0.39 is 17.8 Å². The van der Waals surface area contributed by atoms with Gasteiger partial charge >= 0.3 is 5.97 Å². The van der Waals surface area contributed by atoms with Crippen molar-refractivity contribution >= 4 is 17.8 Å². The van der Waals surface area contributed by atoms with Crippen LogP contribution in [0.5, 0.6) is 0 Å². The van der Waals surface area contributed by atoms with Crippen molar-refractivity contribution in [3.8, 4) is 0 Å². The van der Waals surface area contributed by atoms with Gasteiger partial charge < -0.3 is 15.4 Å². The molecule has 6 heteroatoms. The number of rotatable bonds is 5. The molecule has 0 aliphatic carbocycles. The van der Waals surface area contributed by atoms with E-state index in [9.17, 15) is 14.4 Å². The molecule has 2 aromatic carbocycles. The van der Waals surface area contributed by atoms with Crippen molar-refractivity contribution in [2.75, 3.05) is 7.11 Å². The first-order chi connectivity index (χ1) is 12.0. The van der Waals surface area contributed by atoms with Gasteiger partial charge in [-0.3, -0.25) is 9.59 Å². The number of allylic oxidation sites excluding steroid dienone is 1. The van der Waals surface area contributed by atoms with Gasteiger partial charge in [-0.15, -0.1) is 0 Å². The summed E-state index contributed by atoms with van der Waals surface area (Å²) in [5.74, 6) is -1.63. The van der Waals surface area contributed by atoms with Crippen LogP contribution in [0.1, 0.15) is 27.6 Å². The van der Waals surface area contributed by atoms with Gasteiger partial charge in [0.2, 0.25) is 0 Å². The molecule has 0 heterocycles. The van der Waals surface area contributed by atoms with Crippen LogP contribution in [0.25, 0.3) is 0 Å². The summed E-state index contributed by atoms with van der Waals surface area (Å²) >= 11 is 0. The highest BCUT2D eigenvalue weighted by atomic mass is 16.5. The fourth-order valence-corrected chi connectivity index (χ4v) is 2.07. The van der Waals surface area contributed by atoms with Crippen molar-refractivity contribution in [2.45, 2.75) is 6.92 Å². The van der Waals surface area contributed by atoms with E-state index in [2.05, 4.69) is 10.6 Å². The summed E-state index contributed by atoms with van der Waals surface area (Å²) in [4.78, 5) is 36.5. The second-order valence-electron chi connectivity index (χ2n) is 5.13. The van der Waals surface area contributed by atoms with Gasteiger partial charge in [0.15, 0.2) is 0 Å². The van der Waals surface area contributed by atoms with Gasteiger partial charge in [0.25, 0.3) is 11.8 Å². The molecule has 2 rings (SSSR count). The van der Waals surface area contributed by atoms with E-state index in [1.807, 2.05) is 0 Å². The first-order valence-corrected chi connectivity index (χ1v) is 7.55. The van der Waals surface area contributed by atoms with Crippen LogP contribution < -0.4 is 10.6 Å². The average molecular weight is 338 g/mol. The molecule has 0 radical (unpaired) electrons. The van der Waals surface area contributed by atoms with Gasteiger partial charge in [0.05, 0.1) is 7.11 Å². The zero-order valence-electron chi connectivity index (χ0n) is 13.9. The SMILES string of the molecule is COC(=O)/C(NC(=O)c1ccccc1)=C(/C)NC(=O)c1ccccc1. The third kappa shape index (κ3) is 4.78. The van der Waals surface area contributed by atoms with Crippen molar-refractivity contribution in [3.05, 3.63) is 83.2 Å². The molecule has 128 valence electrons. The summed E-state index contributed by atoms with van der Waals surface area (Å²) in [6.45, 7) is 1.51. The molecule has 2 aromatic rings. The summed E-state index contributed by atoms with van der Waals surface area (Å²) in [5, 5.41) is 5.09. The number of methoxy groups -OCH3 is 1. The molecular formula is C19H18N2O4. The molecule has 0 atom stereocenters. The number of benzene rings is 2. The van der Waals surface area contributed by atoms with E-state index in [0.29, 0.717) is 11.1 Å². The molecule has 0 spiro atoms. The van der Waals surface area contributed by atoms with Crippen molar-refractivity contribution in [2.24, 2.45) is 0 Å². The van der Waals surface area contributed by atoms with E-state index >= 15 is 0 Å². The van der Waals surface area contributed by atoms with Crippen molar-refractivity contribution in [1.29, 1.82) is 0 Å². The second kappa shape index (κ2) is 8.44. The molecule has 0 unspecified atom stereocenters. The lowest BCUT2D eigenvalue weighted by Gasteiger charge is -2.13. The standard InChI is InChI=1S/C19H18N2O4/c1-13(20-17(22)14-9-5-3-6-10-14)16(19(24)25-2)21-18(23)15-11-7-4-8-12-15/h3-12H,1-2H3,(H,20,22)(H,21,23)/b16-13+. The fraction of sp³-hybridized carbons (Fsp3) is 0.105. The lowest BCUT2D eigenvalue weighted by molar-refractivity contribution is -0.136. The Morgan fingerprint density at radius 2 is 1.20 bits per heavy atom. The maximum absolute atomic E-state index is 12.3. The number of hydrogen-bond donors (Lipinski definition) is 2. The minimum atomic E-state index is -0.754. The molecular weight excluding hydrogens is 320 g/mol. The summed E-state index contributed by atoms with van der Waals surface area (Å²) in [6.07, 6.45) is 0. The zero-order chi connectivity index (χ0) is 18.2. The van der Waals surface area contributed by atoms with Gasteiger partial charge in [0, 0.05) is 16.8 Å². The fourth-order valence-electron chi connectivity index (χ4n) is 2.07. The normalized spacial score (nSPS) is 11.1. The average Bonchev–Trinajstić information content (AvgIpc) is 2.66. The molecule has 0 fully saturated rings. The minimum Gasteiger partial charge on any atom is -0.464 e. The Morgan fingerprint density at radius 3 is 1.64 bits per heavy atom. The topological polar surface area (TPSA) is 84.5 Å². The Balaban J connectivity index is 2.23. The molecule has 0 bridgehead atoms. The summed E-state index contributed by atoms with van der Waals surface area (Å²) in [7, 11) is 1.20. The molecule has 0 saturated heterocycles. The van der Waals surface area contributed by atoms with Gasteiger partial charge in [-0.05, 0) is 31.2 Å². The van der Waals surface area contributed by atoms with Crippen LogP contribution in [-0.2, 0) is 9.53 Å². The maximum atomic E-state index is 12.3. The zero-order valence-corrected chi connectivity index (χ0v) is 13.9. The predicted octanol–water partition coefficient (Wildman–Crippen LogP) is 2.25. The van der Waals surface area contributed by atoms with Crippen LogP contribution in [0.4, 0.5) is 0 Å². The lowest BCUT2D eigenvalue weighted by atomic mass is 10.2. The third-order valence-electron chi connectivity index (χ3n) is 3.38. The highest BCUT2D eigenvalue weighted by Gasteiger charge is 2.19.